The lowest BCUT2D eigenvalue weighted by molar-refractivity contribution is -0.154. The Morgan fingerprint density at radius 1 is 1.09 bits per heavy atom. The van der Waals surface area contributed by atoms with Crippen molar-refractivity contribution in [1.29, 1.82) is 0 Å². The van der Waals surface area contributed by atoms with Gasteiger partial charge < -0.3 is 20.1 Å². The summed E-state index contributed by atoms with van der Waals surface area (Å²) >= 11 is 0. The van der Waals surface area contributed by atoms with E-state index in [4.69, 9.17) is 4.74 Å². The van der Waals surface area contributed by atoms with E-state index in [0.717, 1.165) is 25.1 Å². The van der Waals surface area contributed by atoms with Crippen LogP contribution in [-0.4, -0.2) is 81.4 Å². The lowest BCUT2D eigenvalue weighted by atomic mass is 9.46. The Morgan fingerprint density at radius 2 is 1.76 bits per heavy atom. The lowest BCUT2D eigenvalue weighted by Gasteiger charge is -2.59. The average molecular weight is 476 g/mol. The van der Waals surface area contributed by atoms with Crippen LogP contribution in [0.4, 0.5) is 0 Å². The maximum Gasteiger partial charge on any atom is 0.159 e. The maximum atomic E-state index is 13.6. The number of aliphatic hydroxyl groups excluding tert-OH is 2. The monoisotopic (exact) mass is 475 g/mol. The number of ether oxygens (including phenoxy) is 1. The van der Waals surface area contributed by atoms with Crippen LogP contribution >= 0.6 is 0 Å². The molecule has 0 bridgehead atoms. The van der Waals surface area contributed by atoms with Gasteiger partial charge in [0.05, 0.1) is 36.6 Å². The van der Waals surface area contributed by atoms with Crippen LogP contribution in [0.25, 0.3) is 0 Å². The van der Waals surface area contributed by atoms with Gasteiger partial charge in [0.2, 0.25) is 0 Å². The van der Waals surface area contributed by atoms with E-state index in [-0.39, 0.29) is 47.9 Å². The number of ketones is 2. The minimum atomic E-state index is -1.19. The third-order valence-corrected chi connectivity index (χ3v) is 10.4. The molecule has 34 heavy (non-hydrogen) atoms. The Morgan fingerprint density at radius 3 is 2.44 bits per heavy atom. The summed E-state index contributed by atoms with van der Waals surface area (Å²) in [6.07, 6.45) is 3.34. The fourth-order valence-corrected chi connectivity index (χ4v) is 8.63. The fourth-order valence-electron chi connectivity index (χ4n) is 8.63. The minimum absolute atomic E-state index is 0.0229. The molecule has 4 fully saturated rings. The molecule has 0 aromatic heterocycles. The number of hydrogen-bond acceptors (Lipinski definition) is 7. The van der Waals surface area contributed by atoms with E-state index in [9.17, 15) is 24.9 Å². The van der Waals surface area contributed by atoms with Gasteiger partial charge >= 0.3 is 0 Å². The largest absolute Gasteiger partial charge is 0.390 e. The van der Waals surface area contributed by atoms with E-state index in [1.54, 1.807) is 6.08 Å². The molecule has 7 nitrogen and oxygen atoms in total. The van der Waals surface area contributed by atoms with E-state index < -0.39 is 28.6 Å². The molecule has 1 heterocycles. The van der Waals surface area contributed by atoms with Crippen molar-refractivity contribution in [2.24, 2.45) is 28.6 Å². The van der Waals surface area contributed by atoms with E-state index in [0.29, 0.717) is 32.2 Å². The normalized spacial score (nSPS) is 51.3. The van der Waals surface area contributed by atoms with Crippen LogP contribution in [0.3, 0.4) is 0 Å². The van der Waals surface area contributed by atoms with Crippen LogP contribution in [0.5, 0.6) is 0 Å². The molecule has 0 aromatic rings. The number of nitrogens with zero attached hydrogens (tertiary/aromatic N) is 1. The predicted octanol–water partition coefficient (Wildman–Crippen LogP) is 1.87. The van der Waals surface area contributed by atoms with Gasteiger partial charge in [-0.15, -0.1) is 0 Å². The fraction of sp³-hybridized carbons (Fsp3) is 0.852. The SMILES string of the molecule is C[C@@H]1CN(CC(=O)[C@H]2CC[C@@]3(O)C4=CC(=O)[C@@H]5C[C@@H](O)[C@@H](O)C[C@]5(C)C4CC[C@]23C)C[C@H](C)O1. The quantitative estimate of drug-likeness (QED) is 0.572. The second-order valence-electron chi connectivity index (χ2n) is 12.5. The minimum Gasteiger partial charge on any atom is -0.390 e. The Balaban J connectivity index is 1.41. The van der Waals surface area contributed by atoms with Crippen LogP contribution in [0.2, 0.25) is 0 Å². The standard InChI is InChI=1S/C27H41NO6/c1-15-12-28(13-16(2)34-15)14-24(32)18-6-8-27(33)19-9-21(29)20-10-22(30)23(31)11-25(20,3)17(19)5-7-26(18,27)4/h9,15-18,20,22-23,30-31,33H,5-8,10-14H2,1-4H3/t15-,16+,17?,18-,20+,22-,23+,25-,26-,27-/m1/s1. The molecule has 0 spiro atoms. The van der Waals surface area contributed by atoms with Crippen molar-refractivity contribution in [1.82, 2.24) is 4.90 Å². The second-order valence-corrected chi connectivity index (χ2v) is 12.5. The van der Waals surface area contributed by atoms with Crippen molar-refractivity contribution in [3.63, 3.8) is 0 Å². The highest BCUT2D eigenvalue weighted by Crippen LogP contribution is 2.67. The van der Waals surface area contributed by atoms with Gasteiger partial charge in [-0.1, -0.05) is 13.8 Å². The summed E-state index contributed by atoms with van der Waals surface area (Å²) in [6, 6.07) is 0. The summed E-state index contributed by atoms with van der Waals surface area (Å²) in [5, 5.41) is 32.9. The van der Waals surface area contributed by atoms with Crippen molar-refractivity contribution >= 4 is 11.6 Å². The summed E-state index contributed by atoms with van der Waals surface area (Å²) in [6.45, 7) is 10.0. The molecular weight excluding hydrogens is 434 g/mol. The molecule has 1 aliphatic heterocycles. The van der Waals surface area contributed by atoms with Gasteiger partial charge in [-0.25, -0.2) is 0 Å². The van der Waals surface area contributed by atoms with E-state index in [1.165, 1.54) is 0 Å². The highest BCUT2D eigenvalue weighted by molar-refractivity contribution is 5.95. The molecule has 5 aliphatic rings. The zero-order chi connectivity index (χ0) is 24.6. The number of hydrogen-bond donors (Lipinski definition) is 3. The summed E-state index contributed by atoms with van der Waals surface area (Å²) in [4.78, 5) is 29.0. The van der Waals surface area contributed by atoms with Crippen LogP contribution in [-0.2, 0) is 14.3 Å². The topological polar surface area (TPSA) is 107 Å². The molecule has 0 amide bonds. The first-order valence-electron chi connectivity index (χ1n) is 13.1. The number of carbonyl (C=O) groups excluding carboxylic acids is 2. The summed E-state index contributed by atoms with van der Waals surface area (Å²) in [5.74, 6) is -0.473. The third kappa shape index (κ3) is 3.49. The van der Waals surface area contributed by atoms with Gasteiger partial charge in [0.15, 0.2) is 11.6 Å². The summed E-state index contributed by atoms with van der Waals surface area (Å²) < 4.78 is 5.82. The zero-order valence-corrected chi connectivity index (χ0v) is 21.0. The number of rotatable bonds is 3. The highest BCUT2D eigenvalue weighted by Gasteiger charge is 2.67. The number of morpholine rings is 1. The summed E-state index contributed by atoms with van der Waals surface area (Å²) in [7, 11) is 0. The smallest absolute Gasteiger partial charge is 0.159 e. The first kappa shape index (κ1) is 24.6. The molecule has 1 saturated heterocycles. The molecule has 0 radical (unpaired) electrons. The van der Waals surface area contributed by atoms with Gasteiger partial charge in [0.1, 0.15) is 0 Å². The molecule has 4 aliphatic carbocycles. The van der Waals surface area contributed by atoms with Crippen molar-refractivity contribution in [2.75, 3.05) is 19.6 Å². The molecule has 3 saturated carbocycles. The van der Waals surface area contributed by atoms with Gasteiger partial charge in [0, 0.05) is 30.3 Å². The summed E-state index contributed by atoms with van der Waals surface area (Å²) in [5.41, 5.74) is -1.50. The number of allylic oxidation sites excluding steroid dienone is 1. The number of carbonyl (C=O) groups is 2. The van der Waals surface area contributed by atoms with Gasteiger partial charge in [-0.2, -0.15) is 0 Å². The second kappa shape index (κ2) is 8.20. The first-order chi connectivity index (χ1) is 15.9. The van der Waals surface area contributed by atoms with Crippen LogP contribution in [0.15, 0.2) is 11.6 Å². The average Bonchev–Trinajstić information content (AvgIpc) is 3.01. The van der Waals surface area contributed by atoms with Gasteiger partial charge in [-0.05, 0) is 75.4 Å². The van der Waals surface area contributed by atoms with Crippen LogP contribution in [0.1, 0.15) is 66.2 Å². The maximum absolute atomic E-state index is 13.6. The molecule has 5 rings (SSSR count). The molecule has 1 unspecified atom stereocenters. The van der Waals surface area contributed by atoms with E-state index >= 15 is 0 Å². The van der Waals surface area contributed by atoms with E-state index in [1.807, 2.05) is 27.7 Å². The van der Waals surface area contributed by atoms with Crippen molar-refractivity contribution in [3.8, 4) is 0 Å². The Labute approximate surface area is 202 Å². The Kier molecular flexibility index (Phi) is 5.93. The molecule has 7 heteroatoms. The lowest BCUT2D eigenvalue weighted by Crippen LogP contribution is -2.61. The predicted molar refractivity (Wildman–Crippen MR) is 126 cm³/mol. The van der Waals surface area contributed by atoms with Crippen LogP contribution in [0, 0.1) is 28.6 Å². The van der Waals surface area contributed by atoms with Crippen molar-refractivity contribution < 1.29 is 29.6 Å². The molecule has 3 N–H and O–H groups in total. The van der Waals surface area contributed by atoms with Gasteiger partial charge in [0.25, 0.3) is 0 Å². The Bertz CT molecular complexity index is 894. The first-order valence-corrected chi connectivity index (χ1v) is 13.1. The van der Waals surface area contributed by atoms with E-state index in [2.05, 4.69) is 4.90 Å². The van der Waals surface area contributed by atoms with Gasteiger partial charge in [-0.3, -0.25) is 14.5 Å². The number of Topliss-reactive ketones (excluding diaryl/α,β-unsaturated/α-hetero) is 1. The van der Waals surface area contributed by atoms with Crippen LogP contribution < -0.4 is 0 Å². The molecular formula is C27H41NO6. The Hall–Kier alpha value is -1.12. The number of aliphatic hydroxyl groups is 3. The molecule has 0 aromatic carbocycles. The highest BCUT2D eigenvalue weighted by atomic mass is 16.5. The number of fused-ring (bicyclic) bond motifs is 5. The molecule has 190 valence electrons. The van der Waals surface area contributed by atoms with Crippen molar-refractivity contribution in [2.45, 2.75) is 96.2 Å². The zero-order valence-electron chi connectivity index (χ0n) is 21.0. The molecule has 10 atom stereocenters. The third-order valence-electron chi connectivity index (χ3n) is 10.4. The van der Waals surface area contributed by atoms with Crippen molar-refractivity contribution in [3.05, 3.63) is 11.6 Å².